The van der Waals surface area contributed by atoms with Crippen LogP contribution in [0, 0.1) is 12.7 Å². The molecule has 0 atom stereocenters. The molecule has 2 fully saturated rings. The van der Waals surface area contributed by atoms with Crippen LogP contribution in [0.1, 0.15) is 33.6 Å². The Balaban J connectivity index is 1.42. The van der Waals surface area contributed by atoms with Crippen LogP contribution in [-0.2, 0) is 16.0 Å². The monoisotopic (exact) mass is 443 g/mol. The summed E-state index contributed by atoms with van der Waals surface area (Å²) in [4.78, 5) is 33.5. The number of aryl methyl sites for hydroxylation is 1. The van der Waals surface area contributed by atoms with Crippen molar-refractivity contribution in [3.05, 3.63) is 62.8 Å². The first kappa shape index (κ1) is 20.3. The molecule has 1 aromatic carbocycles. The molecular weight excluding hydrogens is 421 g/mol. The zero-order valence-corrected chi connectivity index (χ0v) is 17.9. The summed E-state index contributed by atoms with van der Waals surface area (Å²) >= 11 is 1.23. The standard InChI is InChI=1S/C22H22FN3O4S/c1-14-17-19(24-13-26(20(17)27)12-15-4-2-3-5-16(15)23)31-18(14)21(28)25-8-6-22(7-9-25)29-10-11-30-22/h2-5,13H,6-12H2,1H3. The molecule has 1 spiro atoms. The summed E-state index contributed by atoms with van der Waals surface area (Å²) in [6.07, 6.45) is 2.69. The zero-order valence-electron chi connectivity index (χ0n) is 17.1. The molecule has 0 radical (unpaired) electrons. The van der Waals surface area contributed by atoms with Crippen LogP contribution in [0.25, 0.3) is 10.2 Å². The molecule has 2 aliphatic heterocycles. The summed E-state index contributed by atoms with van der Waals surface area (Å²) in [5.41, 5.74) is 0.763. The van der Waals surface area contributed by atoms with Crippen molar-refractivity contribution in [3.63, 3.8) is 0 Å². The Morgan fingerprint density at radius 2 is 1.94 bits per heavy atom. The number of aromatic nitrogens is 2. The highest BCUT2D eigenvalue weighted by Gasteiger charge is 2.41. The maximum absolute atomic E-state index is 14.0. The molecule has 5 rings (SSSR count). The van der Waals surface area contributed by atoms with Gasteiger partial charge in [0, 0.05) is 31.5 Å². The minimum absolute atomic E-state index is 0.0845. The first-order valence-corrected chi connectivity index (χ1v) is 11.1. The number of fused-ring (bicyclic) bond motifs is 1. The molecule has 2 saturated heterocycles. The van der Waals surface area contributed by atoms with E-state index in [1.54, 1.807) is 30.0 Å². The van der Waals surface area contributed by atoms with Crippen LogP contribution in [0.5, 0.6) is 0 Å². The molecule has 0 unspecified atom stereocenters. The predicted octanol–water partition coefficient (Wildman–Crippen LogP) is 2.93. The molecule has 2 aromatic heterocycles. The van der Waals surface area contributed by atoms with Gasteiger partial charge >= 0.3 is 0 Å². The molecule has 1 amide bonds. The number of carbonyl (C=O) groups is 1. The lowest BCUT2D eigenvalue weighted by Crippen LogP contribution is -2.47. The summed E-state index contributed by atoms with van der Waals surface area (Å²) in [5.74, 6) is -1.02. The fourth-order valence-corrected chi connectivity index (χ4v) is 5.37. The number of hydrogen-bond acceptors (Lipinski definition) is 6. The van der Waals surface area contributed by atoms with Crippen LogP contribution in [0.15, 0.2) is 35.4 Å². The third-order valence-corrected chi connectivity index (χ3v) is 7.22. The number of benzene rings is 1. The molecule has 7 nitrogen and oxygen atoms in total. The molecule has 162 valence electrons. The van der Waals surface area contributed by atoms with Crippen molar-refractivity contribution < 1.29 is 18.7 Å². The van der Waals surface area contributed by atoms with Gasteiger partial charge in [0.1, 0.15) is 10.6 Å². The van der Waals surface area contributed by atoms with Crippen molar-refractivity contribution in [2.45, 2.75) is 32.1 Å². The van der Waals surface area contributed by atoms with Crippen LogP contribution in [0.2, 0.25) is 0 Å². The number of halogens is 1. The maximum atomic E-state index is 14.0. The van der Waals surface area contributed by atoms with Gasteiger partial charge in [-0.05, 0) is 18.6 Å². The minimum atomic E-state index is -0.548. The van der Waals surface area contributed by atoms with Crippen molar-refractivity contribution >= 4 is 27.5 Å². The molecule has 0 bridgehead atoms. The topological polar surface area (TPSA) is 73.7 Å². The maximum Gasteiger partial charge on any atom is 0.264 e. The number of nitrogens with zero attached hydrogens (tertiary/aromatic N) is 3. The van der Waals surface area contributed by atoms with E-state index in [0.717, 1.165) is 0 Å². The SMILES string of the molecule is Cc1c(C(=O)N2CCC3(CC2)OCCO3)sc2ncn(Cc3ccccc3F)c(=O)c12. The van der Waals surface area contributed by atoms with Crippen LogP contribution < -0.4 is 5.56 Å². The largest absolute Gasteiger partial charge is 0.347 e. The Kier molecular flexibility index (Phi) is 5.11. The number of hydrogen-bond donors (Lipinski definition) is 0. The Hall–Kier alpha value is -2.62. The van der Waals surface area contributed by atoms with Crippen LogP contribution in [-0.4, -0.2) is 52.4 Å². The number of likely N-dealkylation sites (tertiary alicyclic amines) is 1. The van der Waals surface area contributed by atoms with Gasteiger partial charge in [0.05, 0.1) is 36.3 Å². The highest BCUT2D eigenvalue weighted by atomic mass is 32.1. The summed E-state index contributed by atoms with van der Waals surface area (Å²) in [6, 6.07) is 6.34. The zero-order chi connectivity index (χ0) is 21.6. The van der Waals surface area contributed by atoms with E-state index in [0.29, 0.717) is 65.4 Å². The van der Waals surface area contributed by atoms with Gasteiger partial charge < -0.3 is 14.4 Å². The number of carbonyl (C=O) groups excluding carboxylic acids is 1. The van der Waals surface area contributed by atoms with E-state index in [-0.39, 0.29) is 23.8 Å². The Morgan fingerprint density at radius 1 is 1.23 bits per heavy atom. The molecule has 3 aromatic rings. The number of thiophene rings is 1. The average molecular weight is 444 g/mol. The van der Waals surface area contributed by atoms with E-state index in [1.807, 2.05) is 0 Å². The lowest BCUT2D eigenvalue weighted by molar-refractivity contribution is -0.181. The Morgan fingerprint density at radius 3 is 2.65 bits per heavy atom. The van der Waals surface area contributed by atoms with E-state index in [4.69, 9.17) is 9.47 Å². The lowest BCUT2D eigenvalue weighted by atomic mass is 10.0. The molecule has 31 heavy (non-hydrogen) atoms. The van der Waals surface area contributed by atoms with Crippen LogP contribution in [0.4, 0.5) is 4.39 Å². The van der Waals surface area contributed by atoms with Crippen molar-refractivity contribution in [3.8, 4) is 0 Å². The quantitative estimate of drug-likeness (QED) is 0.622. The lowest BCUT2D eigenvalue weighted by Gasteiger charge is -2.37. The van der Waals surface area contributed by atoms with Crippen molar-refractivity contribution in [1.82, 2.24) is 14.5 Å². The van der Waals surface area contributed by atoms with Gasteiger partial charge in [-0.1, -0.05) is 18.2 Å². The minimum Gasteiger partial charge on any atom is -0.347 e. The first-order valence-electron chi connectivity index (χ1n) is 10.3. The second-order valence-electron chi connectivity index (χ2n) is 7.91. The van der Waals surface area contributed by atoms with E-state index in [9.17, 15) is 14.0 Å². The molecule has 0 saturated carbocycles. The second-order valence-corrected chi connectivity index (χ2v) is 8.90. The van der Waals surface area contributed by atoms with E-state index >= 15 is 0 Å². The van der Waals surface area contributed by atoms with Gasteiger partial charge in [0.15, 0.2) is 5.79 Å². The molecule has 0 aliphatic carbocycles. The van der Waals surface area contributed by atoms with Gasteiger partial charge in [0.2, 0.25) is 0 Å². The number of rotatable bonds is 3. The van der Waals surface area contributed by atoms with E-state index < -0.39 is 5.79 Å². The van der Waals surface area contributed by atoms with Gasteiger partial charge in [-0.25, -0.2) is 9.37 Å². The van der Waals surface area contributed by atoms with Crippen LogP contribution >= 0.6 is 11.3 Å². The number of piperidine rings is 1. The number of amides is 1. The smallest absolute Gasteiger partial charge is 0.264 e. The highest BCUT2D eigenvalue weighted by Crippen LogP contribution is 2.34. The summed E-state index contributed by atoms with van der Waals surface area (Å²) in [6.45, 7) is 4.12. The van der Waals surface area contributed by atoms with Gasteiger partial charge in [-0.2, -0.15) is 0 Å². The summed E-state index contributed by atoms with van der Waals surface area (Å²) in [7, 11) is 0. The Labute approximate surface area is 182 Å². The summed E-state index contributed by atoms with van der Waals surface area (Å²) in [5, 5.41) is 0.420. The van der Waals surface area contributed by atoms with Crippen LogP contribution in [0.3, 0.4) is 0 Å². The molecule has 0 N–H and O–H groups in total. The van der Waals surface area contributed by atoms with Crippen molar-refractivity contribution in [2.75, 3.05) is 26.3 Å². The highest BCUT2D eigenvalue weighted by molar-refractivity contribution is 7.20. The third kappa shape index (κ3) is 3.56. The normalized spacial score (nSPS) is 18.2. The van der Waals surface area contributed by atoms with Crippen molar-refractivity contribution in [1.29, 1.82) is 0 Å². The molecule has 2 aliphatic rings. The third-order valence-electron chi connectivity index (χ3n) is 6.04. The average Bonchev–Trinajstić information content (AvgIpc) is 3.36. The molecular formula is C22H22FN3O4S. The number of ether oxygens (including phenoxy) is 2. The fraction of sp³-hybridized carbons (Fsp3) is 0.409. The van der Waals surface area contributed by atoms with E-state index in [1.165, 1.54) is 28.3 Å². The van der Waals surface area contributed by atoms with Gasteiger partial charge in [0.25, 0.3) is 11.5 Å². The summed E-state index contributed by atoms with van der Waals surface area (Å²) < 4.78 is 26.9. The first-order chi connectivity index (χ1) is 15.0. The predicted molar refractivity (Wildman–Crippen MR) is 114 cm³/mol. The molecule has 9 heteroatoms. The van der Waals surface area contributed by atoms with Crippen molar-refractivity contribution in [2.24, 2.45) is 0 Å². The Bertz CT molecular complexity index is 1210. The van der Waals surface area contributed by atoms with Gasteiger partial charge in [-0.3, -0.25) is 14.2 Å². The van der Waals surface area contributed by atoms with Gasteiger partial charge in [-0.15, -0.1) is 11.3 Å². The second kappa shape index (κ2) is 7.81. The van der Waals surface area contributed by atoms with E-state index in [2.05, 4.69) is 4.98 Å². The fourth-order valence-electron chi connectivity index (χ4n) is 4.27. The molecule has 4 heterocycles.